The van der Waals surface area contributed by atoms with Crippen molar-refractivity contribution in [3.8, 4) is 0 Å². The van der Waals surface area contributed by atoms with Crippen LogP contribution in [0.3, 0.4) is 0 Å². The third-order valence-corrected chi connectivity index (χ3v) is 3.41. The standard InChI is InChI=1S/C17H26Cl2N4O2/c1-17(2,3)25-16(24)22-23(15(20)21-11-10-19)12-14-6-4-13(5-7-14)8-9-18/h4-7H,8-12H2,1-3H3,(H2,20,21)(H,22,24). The number of rotatable bonds is 6. The van der Waals surface area contributed by atoms with Crippen LogP contribution in [0.15, 0.2) is 24.3 Å². The van der Waals surface area contributed by atoms with Crippen LogP contribution in [0.1, 0.15) is 31.9 Å². The molecule has 1 aromatic rings. The number of halogens is 2. The summed E-state index contributed by atoms with van der Waals surface area (Å²) in [6.07, 6.45) is 0.179. The van der Waals surface area contributed by atoms with Gasteiger partial charge < -0.3 is 10.1 Å². The van der Waals surface area contributed by atoms with E-state index >= 15 is 0 Å². The van der Waals surface area contributed by atoms with E-state index in [1.165, 1.54) is 5.01 Å². The molecule has 1 rings (SSSR count). The van der Waals surface area contributed by atoms with Crippen molar-refractivity contribution in [3.05, 3.63) is 35.4 Å². The number of hydrazine groups is 1. The van der Waals surface area contributed by atoms with Gasteiger partial charge in [-0.15, -0.1) is 23.2 Å². The van der Waals surface area contributed by atoms with Crippen LogP contribution in [0.2, 0.25) is 0 Å². The first-order valence-corrected chi connectivity index (χ1v) is 9.11. The van der Waals surface area contributed by atoms with Gasteiger partial charge in [-0.1, -0.05) is 24.3 Å². The minimum absolute atomic E-state index is 0.0383. The lowest BCUT2D eigenvalue weighted by molar-refractivity contribution is 0.0405. The summed E-state index contributed by atoms with van der Waals surface area (Å²) in [5.74, 6) is 0.963. The summed E-state index contributed by atoms with van der Waals surface area (Å²) in [5, 5.41) is 12.3. The Balaban J connectivity index is 2.79. The molecule has 6 nitrogen and oxygen atoms in total. The Hall–Kier alpha value is -1.66. The molecular weight excluding hydrogens is 363 g/mol. The molecule has 0 aliphatic heterocycles. The molecule has 0 aliphatic carbocycles. The van der Waals surface area contributed by atoms with Gasteiger partial charge in [-0.2, -0.15) is 0 Å². The number of nitrogens with zero attached hydrogens (tertiary/aromatic N) is 1. The molecule has 0 heterocycles. The van der Waals surface area contributed by atoms with E-state index in [0.29, 0.717) is 24.8 Å². The number of ether oxygens (including phenoxy) is 1. The van der Waals surface area contributed by atoms with Gasteiger partial charge in [-0.3, -0.25) is 5.41 Å². The molecule has 0 radical (unpaired) electrons. The summed E-state index contributed by atoms with van der Waals surface area (Å²) in [7, 11) is 0. The summed E-state index contributed by atoms with van der Waals surface area (Å²) in [6, 6.07) is 7.86. The molecule has 3 N–H and O–H groups in total. The fraction of sp³-hybridized carbons (Fsp3) is 0.529. The summed E-state index contributed by atoms with van der Waals surface area (Å²) >= 11 is 11.4. The van der Waals surface area contributed by atoms with Gasteiger partial charge in [-0.05, 0) is 38.3 Å². The fourth-order valence-corrected chi connectivity index (χ4v) is 2.26. The van der Waals surface area contributed by atoms with Gasteiger partial charge in [0, 0.05) is 18.3 Å². The molecular formula is C17H26Cl2N4O2. The molecule has 8 heteroatoms. The monoisotopic (exact) mass is 388 g/mol. The maximum Gasteiger partial charge on any atom is 0.426 e. The molecule has 1 aromatic carbocycles. The number of amides is 1. The second kappa shape index (κ2) is 10.4. The lowest BCUT2D eigenvalue weighted by Crippen LogP contribution is -2.52. The Morgan fingerprint density at radius 1 is 1.16 bits per heavy atom. The number of guanidine groups is 1. The van der Waals surface area contributed by atoms with E-state index in [1.807, 2.05) is 24.3 Å². The molecule has 25 heavy (non-hydrogen) atoms. The maximum atomic E-state index is 12.0. The number of carbonyl (C=O) groups excluding carboxylic acids is 1. The molecule has 0 aromatic heterocycles. The number of benzene rings is 1. The van der Waals surface area contributed by atoms with Crippen LogP contribution < -0.4 is 10.7 Å². The third kappa shape index (κ3) is 8.84. The quantitative estimate of drug-likeness (QED) is 0.301. The Morgan fingerprint density at radius 2 is 1.76 bits per heavy atom. The maximum absolute atomic E-state index is 12.0. The average molecular weight is 389 g/mol. The SMILES string of the molecule is CC(C)(C)OC(=O)NN(Cc1ccc(CCCl)cc1)C(=N)NCCCl. The molecule has 0 saturated carbocycles. The first-order chi connectivity index (χ1) is 11.7. The van der Waals surface area contributed by atoms with Gasteiger partial charge in [0.2, 0.25) is 5.96 Å². The fourth-order valence-electron chi connectivity index (χ4n) is 1.95. The molecule has 140 valence electrons. The van der Waals surface area contributed by atoms with Crippen LogP contribution in [0, 0.1) is 5.41 Å². The predicted molar refractivity (Wildman–Crippen MR) is 102 cm³/mol. The molecule has 0 spiro atoms. The molecule has 1 amide bonds. The summed E-state index contributed by atoms with van der Waals surface area (Å²) < 4.78 is 5.25. The summed E-state index contributed by atoms with van der Waals surface area (Å²) in [6.45, 7) is 6.08. The second-order valence-electron chi connectivity index (χ2n) is 6.42. The predicted octanol–water partition coefficient (Wildman–Crippen LogP) is 3.47. The van der Waals surface area contributed by atoms with Gasteiger partial charge in [0.15, 0.2) is 0 Å². The van der Waals surface area contributed by atoms with E-state index in [-0.39, 0.29) is 5.96 Å². The average Bonchev–Trinajstić information content (AvgIpc) is 2.52. The smallest absolute Gasteiger partial charge is 0.426 e. The van der Waals surface area contributed by atoms with Crippen LogP contribution in [-0.4, -0.2) is 41.0 Å². The highest BCUT2D eigenvalue weighted by atomic mass is 35.5. The van der Waals surface area contributed by atoms with Crippen LogP contribution >= 0.6 is 23.2 Å². The first-order valence-electron chi connectivity index (χ1n) is 8.04. The Bertz CT molecular complexity index is 559. The van der Waals surface area contributed by atoms with Gasteiger partial charge >= 0.3 is 6.09 Å². The number of nitrogens with one attached hydrogen (secondary N) is 3. The van der Waals surface area contributed by atoms with Crippen molar-refractivity contribution in [2.75, 3.05) is 18.3 Å². The van der Waals surface area contributed by atoms with Crippen LogP contribution in [-0.2, 0) is 17.7 Å². The highest BCUT2D eigenvalue weighted by Crippen LogP contribution is 2.10. The topological polar surface area (TPSA) is 77.5 Å². The second-order valence-corrected chi connectivity index (χ2v) is 7.18. The zero-order valence-corrected chi connectivity index (χ0v) is 16.4. The Labute approximate surface area is 159 Å². The van der Waals surface area contributed by atoms with E-state index in [0.717, 1.165) is 17.5 Å². The largest absolute Gasteiger partial charge is 0.443 e. The van der Waals surface area contributed by atoms with E-state index in [9.17, 15) is 4.79 Å². The number of aryl methyl sites for hydroxylation is 1. The van der Waals surface area contributed by atoms with Gasteiger partial charge in [-0.25, -0.2) is 15.2 Å². The summed E-state index contributed by atoms with van der Waals surface area (Å²) in [5.41, 5.74) is 4.05. The summed E-state index contributed by atoms with van der Waals surface area (Å²) in [4.78, 5) is 12.0. The number of carbonyl (C=O) groups is 1. The van der Waals surface area contributed by atoms with E-state index in [1.54, 1.807) is 20.8 Å². The van der Waals surface area contributed by atoms with Gasteiger partial charge in [0.25, 0.3) is 0 Å². The van der Waals surface area contributed by atoms with Crippen molar-refractivity contribution in [1.29, 1.82) is 5.41 Å². The zero-order valence-electron chi connectivity index (χ0n) is 14.9. The van der Waals surface area contributed by atoms with Crippen molar-refractivity contribution in [1.82, 2.24) is 15.8 Å². The lowest BCUT2D eigenvalue weighted by Gasteiger charge is -2.28. The van der Waals surface area contributed by atoms with Crippen LogP contribution in [0.25, 0.3) is 0 Å². The first kappa shape index (κ1) is 21.4. The van der Waals surface area contributed by atoms with E-state index in [4.69, 9.17) is 33.3 Å². The van der Waals surface area contributed by atoms with Crippen molar-refractivity contribution < 1.29 is 9.53 Å². The number of hydrogen-bond acceptors (Lipinski definition) is 3. The van der Waals surface area contributed by atoms with Crippen LogP contribution in [0.5, 0.6) is 0 Å². The normalized spacial score (nSPS) is 10.9. The van der Waals surface area contributed by atoms with Gasteiger partial charge in [0.1, 0.15) is 5.60 Å². The Morgan fingerprint density at radius 3 is 2.28 bits per heavy atom. The highest BCUT2D eigenvalue weighted by Gasteiger charge is 2.20. The minimum Gasteiger partial charge on any atom is -0.443 e. The van der Waals surface area contributed by atoms with Crippen molar-refractivity contribution in [2.45, 2.75) is 39.3 Å². The Kier molecular flexibility index (Phi) is 8.86. The van der Waals surface area contributed by atoms with E-state index < -0.39 is 11.7 Å². The third-order valence-electron chi connectivity index (χ3n) is 3.03. The molecule has 0 atom stereocenters. The minimum atomic E-state index is -0.622. The highest BCUT2D eigenvalue weighted by molar-refractivity contribution is 6.18. The van der Waals surface area contributed by atoms with Crippen molar-refractivity contribution in [2.24, 2.45) is 0 Å². The van der Waals surface area contributed by atoms with Crippen LogP contribution in [0.4, 0.5) is 4.79 Å². The van der Waals surface area contributed by atoms with E-state index in [2.05, 4.69) is 10.7 Å². The molecule has 0 saturated heterocycles. The number of alkyl halides is 2. The van der Waals surface area contributed by atoms with Crippen molar-refractivity contribution >= 4 is 35.3 Å². The van der Waals surface area contributed by atoms with Gasteiger partial charge in [0.05, 0.1) is 6.54 Å². The molecule has 0 bridgehead atoms. The number of hydrogen-bond donors (Lipinski definition) is 3. The molecule has 0 fully saturated rings. The molecule has 0 aliphatic rings. The zero-order chi connectivity index (χ0) is 18.9. The van der Waals surface area contributed by atoms with Crippen molar-refractivity contribution in [3.63, 3.8) is 0 Å². The lowest BCUT2D eigenvalue weighted by atomic mass is 10.1. The molecule has 0 unspecified atom stereocenters.